The maximum Gasteiger partial charge on any atom is 0.249 e. The second kappa shape index (κ2) is 3.95. The number of fused-ring (bicyclic) bond motifs is 2. The summed E-state index contributed by atoms with van der Waals surface area (Å²) in [6.07, 6.45) is -0.293. The SMILES string of the molecule is [C]1Sc2ccccc2C1C1Oc2ccccc2O1. The molecular formula is C15H10O2S. The molecule has 2 aliphatic rings. The van der Waals surface area contributed by atoms with E-state index in [1.165, 1.54) is 10.5 Å². The maximum atomic E-state index is 5.85. The predicted molar refractivity (Wildman–Crippen MR) is 69.8 cm³/mol. The molecule has 88 valence electrons. The summed E-state index contributed by atoms with van der Waals surface area (Å²) >= 11 is 1.63. The summed E-state index contributed by atoms with van der Waals surface area (Å²) in [6, 6.07) is 16.1. The number of para-hydroxylation sites is 2. The first kappa shape index (κ1) is 10.3. The molecule has 0 aromatic heterocycles. The Kier molecular flexibility index (Phi) is 2.27. The lowest BCUT2D eigenvalue weighted by Crippen LogP contribution is -2.25. The topological polar surface area (TPSA) is 18.5 Å². The highest BCUT2D eigenvalue weighted by molar-refractivity contribution is 8.01. The van der Waals surface area contributed by atoms with Gasteiger partial charge in [-0.05, 0) is 23.8 Å². The number of hydrogen-bond donors (Lipinski definition) is 0. The van der Waals surface area contributed by atoms with Crippen molar-refractivity contribution in [1.82, 2.24) is 0 Å². The van der Waals surface area contributed by atoms with Gasteiger partial charge in [0.2, 0.25) is 6.29 Å². The Morgan fingerprint density at radius 3 is 2.33 bits per heavy atom. The van der Waals surface area contributed by atoms with Gasteiger partial charge in [-0.1, -0.05) is 30.3 Å². The number of ether oxygens (including phenoxy) is 2. The molecule has 0 spiro atoms. The summed E-state index contributed by atoms with van der Waals surface area (Å²) in [7, 11) is 0. The van der Waals surface area contributed by atoms with Crippen molar-refractivity contribution in [2.75, 3.05) is 0 Å². The molecule has 4 rings (SSSR count). The molecule has 0 saturated heterocycles. The molecule has 2 radical (unpaired) electrons. The fourth-order valence-electron chi connectivity index (χ4n) is 2.28. The zero-order valence-electron chi connectivity index (χ0n) is 9.50. The predicted octanol–water partition coefficient (Wildman–Crippen LogP) is 3.71. The van der Waals surface area contributed by atoms with Crippen LogP contribution in [0.25, 0.3) is 0 Å². The minimum atomic E-state index is -0.293. The second-order valence-electron chi connectivity index (χ2n) is 4.29. The fraction of sp³-hybridized carbons (Fsp3) is 0.133. The molecule has 1 atom stereocenters. The molecule has 0 fully saturated rings. The van der Waals surface area contributed by atoms with Crippen molar-refractivity contribution in [3.63, 3.8) is 0 Å². The number of thioether (sulfide) groups is 1. The maximum absolute atomic E-state index is 5.85. The third-order valence-electron chi connectivity index (χ3n) is 3.16. The van der Waals surface area contributed by atoms with Crippen LogP contribution < -0.4 is 9.47 Å². The van der Waals surface area contributed by atoms with Crippen LogP contribution in [-0.4, -0.2) is 6.29 Å². The highest BCUT2D eigenvalue weighted by atomic mass is 32.2. The van der Waals surface area contributed by atoms with Crippen molar-refractivity contribution < 1.29 is 9.47 Å². The van der Waals surface area contributed by atoms with E-state index in [1.807, 2.05) is 36.4 Å². The van der Waals surface area contributed by atoms with Gasteiger partial charge < -0.3 is 9.47 Å². The first-order chi connectivity index (χ1) is 8.92. The molecule has 3 heteroatoms. The average molecular weight is 254 g/mol. The van der Waals surface area contributed by atoms with E-state index in [9.17, 15) is 0 Å². The largest absolute Gasteiger partial charge is 0.450 e. The van der Waals surface area contributed by atoms with Crippen LogP contribution in [0.4, 0.5) is 0 Å². The van der Waals surface area contributed by atoms with Crippen LogP contribution >= 0.6 is 11.8 Å². The van der Waals surface area contributed by atoms with E-state index in [2.05, 4.69) is 17.9 Å². The van der Waals surface area contributed by atoms with E-state index in [-0.39, 0.29) is 12.2 Å². The molecule has 2 aromatic rings. The monoisotopic (exact) mass is 254 g/mol. The molecule has 0 saturated carbocycles. The number of rotatable bonds is 1. The zero-order valence-corrected chi connectivity index (χ0v) is 10.3. The van der Waals surface area contributed by atoms with Gasteiger partial charge in [0.05, 0.1) is 11.7 Å². The molecule has 2 aliphatic heterocycles. The summed E-state index contributed by atoms with van der Waals surface area (Å²) in [5, 5.41) is 0. The van der Waals surface area contributed by atoms with E-state index >= 15 is 0 Å². The third-order valence-corrected chi connectivity index (χ3v) is 4.12. The molecule has 18 heavy (non-hydrogen) atoms. The Bertz CT molecular complexity index is 572. The molecule has 2 aromatic carbocycles. The second-order valence-corrected chi connectivity index (χ2v) is 5.17. The van der Waals surface area contributed by atoms with Gasteiger partial charge in [0.1, 0.15) is 0 Å². The Balaban J connectivity index is 1.65. The fourth-order valence-corrected chi connectivity index (χ4v) is 3.23. The molecule has 2 heterocycles. The van der Waals surface area contributed by atoms with E-state index in [0.29, 0.717) is 0 Å². The van der Waals surface area contributed by atoms with Crippen LogP contribution in [0.2, 0.25) is 0 Å². The Hall–Kier alpha value is -1.61. The van der Waals surface area contributed by atoms with Gasteiger partial charge in [-0.2, -0.15) is 0 Å². The Labute approximate surface area is 110 Å². The van der Waals surface area contributed by atoms with E-state index in [4.69, 9.17) is 9.47 Å². The summed E-state index contributed by atoms with van der Waals surface area (Å²) in [5.41, 5.74) is 1.24. The summed E-state index contributed by atoms with van der Waals surface area (Å²) in [5.74, 6) is 5.07. The average Bonchev–Trinajstić information content (AvgIpc) is 3.02. The number of benzene rings is 2. The van der Waals surface area contributed by atoms with Crippen LogP contribution in [0.15, 0.2) is 53.4 Å². The quantitative estimate of drug-likeness (QED) is 0.773. The lowest BCUT2D eigenvalue weighted by molar-refractivity contribution is 0.0351. The molecule has 0 amide bonds. The van der Waals surface area contributed by atoms with Gasteiger partial charge in [0.25, 0.3) is 0 Å². The summed E-state index contributed by atoms with van der Waals surface area (Å²) < 4.78 is 11.7. The first-order valence-electron chi connectivity index (χ1n) is 5.85. The summed E-state index contributed by atoms with van der Waals surface area (Å²) in [6.45, 7) is 0. The lowest BCUT2D eigenvalue weighted by atomic mass is 10.0. The van der Waals surface area contributed by atoms with Crippen molar-refractivity contribution in [1.29, 1.82) is 0 Å². The van der Waals surface area contributed by atoms with Crippen molar-refractivity contribution >= 4 is 11.8 Å². The zero-order chi connectivity index (χ0) is 11.9. The minimum Gasteiger partial charge on any atom is -0.450 e. The normalized spacial score (nSPS) is 21.0. The molecular weight excluding hydrogens is 244 g/mol. The lowest BCUT2D eigenvalue weighted by Gasteiger charge is -2.17. The van der Waals surface area contributed by atoms with Crippen LogP contribution in [0.5, 0.6) is 11.5 Å². The van der Waals surface area contributed by atoms with Gasteiger partial charge in [-0.3, -0.25) is 0 Å². The van der Waals surface area contributed by atoms with Crippen LogP contribution in [-0.2, 0) is 0 Å². The number of hydrogen-bond acceptors (Lipinski definition) is 3. The van der Waals surface area contributed by atoms with Crippen molar-refractivity contribution in [2.24, 2.45) is 0 Å². The van der Waals surface area contributed by atoms with Crippen LogP contribution in [0.3, 0.4) is 0 Å². The van der Waals surface area contributed by atoms with Crippen molar-refractivity contribution in [3.05, 3.63) is 59.8 Å². The molecule has 0 N–H and O–H groups in total. The first-order valence-corrected chi connectivity index (χ1v) is 6.67. The van der Waals surface area contributed by atoms with Crippen LogP contribution in [0.1, 0.15) is 11.5 Å². The standard InChI is InChI=1S/C15H10O2S/c1-4-8-14-10(5-1)11(9-18-14)15-16-12-6-2-3-7-13(12)17-15/h1-8,11,15H. The highest BCUT2D eigenvalue weighted by Gasteiger charge is 2.37. The molecule has 0 aliphatic carbocycles. The summed E-state index contributed by atoms with van der Waals surface area (Å²) in [4.78, 5) is 1.24. The van der Waals surface area contributed by atoms with Gasteiger partial charge in [-0.15, -0.1) is 11.8 Å². The molecule has 2 nitrogen and oxygen atoms in total. The smallest absolute Gasteiger partial charge is 0.249 e. The minimum absolute atomic E-state index is 0.0681. The van der Waals surface area contributed by atoms with E-state index < -0.39 is 0 Å². The molecule has 0 bridgehead atoms. The highest BCUT2D eigenvalue weighted by Crippen LogP contribution is 2.48. The third kappa shape index (κ3) is 1.51. The Morgan fingerprint density at radius 1 is 0.889 bits per heavy atom. The van der Waals surface area contributed by atoms with Gasteiger partial charge >= 0.3 is 0 Å². The van der Waals surface area contributed by atoms with Gasteiger partial charge in [0, 0.05) is 4.90 Å². The molecule has 1 unspecified atom stereocenters. The van der Waals surface area contributed by atoms with Crippen molar-refractivity contribution in [2.45, 2.75) is 17.1 Å². The van der Waals surface area contributed by atoms with Crippen LogP contribution in [0, 0.1) is 5.75 Å². The van der Waals surface area contributed by atoms with E-state index in [0.717, 1.165) is 11.5 Å². The van der Waals surface area contributed by atoms with Gasteiger partial charge in [0.15, 0.2) is 11.5 Å². The van der Waals surface area contributed by atoms with E-state index in [1.54, 1.807) is 11.8 Å². The van der Waals surface area contributed by atoms with Gasteiger partial charge in [-0.25, -0.2) is 0 Å². The van der Waals surface area contributed by atoms with Crippen molar-refractivity contribution in [3.8, 4) is 11.5 Å². The Morgan fingerprint density at radius 2 is 1.56 bits per heavy atom.